The topological polar surface area (TPSA) is 63.6 Å². The number of carbonyl (C=O) groups excluding carboxylic acids is 1. The van der Waals surface area contributed by atoms with E-state index in [2.05, 4.69) is 13.5 Å². The summed E-state index contributed by atoms with van der Waals surface area (Å²) in [5, 5.41) is 8.40. The molecule has 1 fully saturated rings. The number of carbonyl (C=O) groups is 2. The fraction of sp³-hybridized carbons (Fsp3) is 0.538. The molecule has 0 aliphatic heterocycles. The van der Waals surface area contributed by atoms with Crippen molar-refractivity contribution in [1.29, 1.82) is 0 Å². The second-order valence-corrected chi connectivity index (χ2v) is 4.37. The van der Waals surface area contributed by atoms with Gasteiger partial charge >= 0.3 is 11.9 Å². The molecule has 0 aromatic carbocycles. The average molecular weight is 238 g/mol. The Morgan fingerprint density at radius 3 is 2.59 bits per heavy atom. The summed E-state index contributed by atoms with van der Waals surface area (Å²) in [5.74, 6) is -1.44. The molecule has 1 N–H and O–H groups in total. The molecule has 0 unspecified atom stereocenters. The molecule has 1 saturated carbocycles. The zero-order chi connectivity index (χ0) is 12.9. The molecule has 0 spiro atoms. The first-order chi connectivity index (χ1) is 7.99. The minimum atomic E-state index is -1.03. The molecule has 0 aromatic heterocycles. The molecule has 0 radical (unpaired) electrons. The summed E-state index contributed by atoms with van der Waals surface area (Å²) in [4.78, 5) is 21.9. The van der Waals surface area contributed by atoms with Crippen molar-refractivity contribution in [2.75, 3.05) is 0 Å². The van der Waals surface area contributed by atoms with Gasteiger partial charge in [0.25, 0.3) is 0 Å². The molecule has 17 heavy (non-hydrogen) atoms. The average Bonchev–Trinajstić information content (AvgIpc) is 2.97. The number of carboxylic acids is 1. The number of ether oxygens (including phenoxy) is 1. The standard InChI is InChI=1S/C13H18O4/c1-3-7-13(8-9-13)17-12(16)10(2)5-4-6-11(14)15/h4,6H,2-3,5,7-9H2,1H3,(H,14,15). The second-order valence-electron chi connectivity index (χ2n) is 4.37. The van der Waals surface area contributed by atoms with Gasteiger partial charge in [0.15, 0.2) is 0 Å². The van der Waals surface area contributed by atoms with Crippen LogP contribution >= 0.6 is 0 Å². The van der Waals surface area contributed by atoms with E-state index in [1.807, 2.05) is 0 Å². The molecule has 1 aliphatic carbocycles. The number of esters is 1. The maximum absolute atomic E-state index is 11.6. The van der Waals surface area contributed by atoms with Gasteiger partial charge in [0.2, 0.25) is 0 Å². The van der Waals surface area contributed by atoms with Crippen LogP contribution < -0.4 is 0 Å². The Hall–Kier alpha value is -1.58. The highest BCUT2D eigenvalue weighted by Crippen LogP contribution is 2.44. The first-order valence-corrected chi connectivity index (χ1v) is 5.80. The molecule has 4 nitrogen and oxygen atoms in total. The van der Waals surface area contributed by atoms with Crippen molar-refractivity contribution >= 4 is 11.9 Å². The van der Waals surface area contributed by atoms with Crippen molar-refractivity contribution in [3.63, 3.8) is 0 Å². The quantitative estimate of drug-likeness (QED) is 0.546. The Bertz CT molecular complexity index is 350. The third-order valence-electron chi connectivity index (χ3n) is 2.74. The Morgan fingerprint density at radius 2 is 2.12 bits per heavy atom. The number of rotatable bonds is 7. The Kier molecular flexibility index (Phi) is 4.49. The van der Waals surface area contributed by atoms with Crippen molar-refractivity contribution in [1.82, 2.24) is 0 Å². The summed E-state index contributed by atoms with van der Waals surface area (Å²) in [6.45, 7) is 5.66. The van der Waals surface area contributed by atoms with Crippen LogP contribution in [-0.2, 0) is 14.3 Å². The number of aliphatic carboxylic acids is 1. The van der Waals surface area contributed by atoms with E-state index in [1.54, 1.807) is 0 Å². The monoisotopic (exact) mass is 238 g/mol. The minimum Gasteiger partial charge on any atom is -0.478 e. The highest BCUT2D eigenvalue weighted by Gasteiger charge is 2.45. The zero-order valence-electron chi connectivity index (χ0n) is 10.1. The molecule has 0 bridgehead atoms. The summed E-state index contributed by atoms with van der Waals surface area (Å²) in [6.07, 6.45) is 6.32. The molecule has 0 aromatic rings. The molecule has 94 valence electrons. The highest BCUT2D eigenvalue weighted by molar-refractivity contribution is 5.89. The summed E-state index contributed by atoms with van der Waals surface area (Å²) in [5.41, 5.74) is 0.0375. The zero-order valence-corrected chi connectivity index (χ0v) is 10.1. The number of hydrogen-bond donors (Lipinski definition) is 1. The van der Waals surface area contributed by atoms with Gasteiger partial charge < -0.3 is 9.84 Å². The number of carboxylic acid groups (broad SMARTS) is 1. The van der Waals surface area contributed by atoms with Crippen LogP contribution in [0.5, 0.6) is 0 Å². The summed E-state index contributed by atoms with van der Waals surface area (Å²) < 4.78 is 5.39. The van der Waals surface area contributed by atoms with E-state index in [-0.39, 0.29) is 12.0 Å². The van der Waals surface area contributed by atoms with Gasteiger partial charge in [-0.1, -0.05) is 26.0 Å². The predicted octanol–water partition coefficient (Wildman–Crippen LogP) is 2.45. The molecular formula is C13H18O4. The lowest BCUT2D eigenvalue weighted by Crippen LogP contribution is -2.20. The van der Waals surface area contributed by atoms with E-state index < -0.39 is 11.9 Å². The summed E-state index contributed by atoms with van der Waals surface area (Å²) in [7, 11) is 0. The predicted molar refractivity (Wildman–Crippen MR) is 63.5 cm³/mol. The third-order valence-corrected chi connectivity index (χ3v) is 2.74. The lowest BCUT2D eigenvalue weighted by atomic mass is 10.1. The van der Waals surface area contributed by atoms with Gasteiger partial charge in [0.05, 0.1) is 0 Å². The van der Waals surface area contributed by atoms with Crippen LogP contribution in [0, 0.1) is 0 Å². The van der Waals surface area contributed by atoms with Crippen molar-refractivity contribution < 1.29 is 19.4 Å². The minimum absolute atomic E-state index is 0.216. The van der Waals surface area contributed by atoms with Crippen molar-refractivity contribution in [3.8, 4) is 0 Å². The van der Waals surface area contributed by atoms with E-state index in [1.165, 1.54) is 6.08 Å². The lowest BCUT2D eigenvalue weighted by molar-refractivity contribution is -0.146. The van der Waals surface area contributed by atoms with E-state index in [9.17, 15) is 9.59 Å². The molecule has 1 rings (SSSR count). The van der Waals surface area contributed by atoms with E-state index in [0.29, 0.717) is 5.57 Å². The fourth-order valence-corrected chi connectivity index (χ4v) is 1.65. The van der Waals surface area contributed by atoms with Crippen LogP contribution in [0.4, 0.5) is 0 Å². The van der Waals surface area contributed by atoms with Crippen LogP contribution in [0.2, 0.25) is 0 Å². The summed E-state index contributed by atoms with van der Waals surface area (Å²) in [6, 6.07) is 0. The van der Waals surface area contributed by atoms with Gasteiger partial charge in [-0.25, -0.2) is 9.59 Å². The van der Waals surface area contributed by atoms with Gasteiger partial charge in [0, 0.05) is 11.6 Å². The van der Waals surface area contributed by atoms with Gasteiger partial charge in [0.1, 0.15) is 5.60 Å². The fourth-order valence-electron chi connectivity index (χ4n) is 1.65. The van der Waals surface area contributed by atoms with Crippen LogP contribution in [0.25, 0.3) is 0 Å². The van der Waals surface area contributed by atoms with Crippen molar-refractivity contribution in [3.05, 3.63) is 24.3 Å². The largest absolute Gasteiger partial charge is 0.478 e. The second kappa shape index (κ2) is 5.66. The summed E-state index contributed by atoms with van der Waals surface area (Å²) >= 11 is 0. The van der Waals surface area contributed by atoms with Crippen LogP contribution in [0.3, 0.4) is 0 Å². The molecule has 0 atom stereocenters. The molecule has 4 heteroatoms. The molecule has 0 amide bonds. The third kappa shape index (κ3) is 4.43. The van der Waals surface area contributed by atoms with Crippen molar-refractivity contribution in [2.45, 2.75) is 44.6 Å². The van der Waals surface area contributed by atoms with E-state index in [4.69, 9.17) is 9.84 Å². The SMILES string of the molecule is C=C(CC=CC(=O)O)C(=O)OC1(CCC)CC1. The Labute approximate surface area is 101 Å². The first kappa shape index (κ1) is 13.5. The van der Waals surface area contributed by atoms with Crippen LogP contribution in [0.1, 0.15) is 39.0 Å². The lowest BCUT2D eigenvalue weighted by Gasteiger charge is -2.16. The molecule has 0 saturated heterocycles. The molecule has 0 heterocycles. The van der Waals surface area contributed by atoms with Gasteiger partial charge in [-0.05, 0) is 25.7 Å². The smallest absolute Gasteiger partial charge is 0.334 e. The first-order valence-electron chi connectivity index (χ1n) is 5.80. The van der Waals surface area contributed by atoms with Crippen LogP contribution in [-0.4, -0.2) is 22.6 Å². The normalized spacial score (nSPS) is 16.8. The van der Waals surface area contributed by atoms with Crippen molar-refractivity contribution in [2.24, 2.45) is 0 Å². The van der Waals surface area contributed by atoms with E-state index >= 15 is 0 Å². The maximum atomic E-state index is 11.6. The van der Waals surface area contributed by atoms with Crippen LogP contribution in [0.15, 0.2) is 24.3 Å². The van der Waals surface area contributed by atoms with Gasteiger partial charge in [-0.2, -0.15) is 0 Å². The number of hydrogen-bond acceptors (Lipinski definition) is 3. The van der Waals surface area contributed by atoms with Gasteiger partial charge in [-0.15, -0.1) is 0 Å². The maximum Gasteiger partial charge on any atom is 0.334 e. The van der Waals surface area contributed by atoms with Gasteiger partial charge in [-0.3, -0.25) is 0 Å². The Morgan fingerprint density at radius 1 is 1.47 bits per heavy atom. The highest BCUT2D eigenvalue weighted by atomic mass is 16.6. The van der Waals surface area contributed by atoms with E-state index in [0.717, 1.165) is 31.8 Å². The number of allylic oxidation sites excluding steroid dienone is 1. The molecular weight excluding hydrogens is 220 g/mol. The Balaban J connectivity index is 2.37. The molecule has 1 aliphatic rings.